The minimum Gasteiger partial charge on any atom is -0.476 e. The Balaban J connectivity index is 1.93. The molecule has 0 fully saturated rings. The lowest BCUT2D eigenvalue weighted by molar-refractivity contribution is -0.129. The first-order valence-electron chi connectivity index (χ1n) is 7.08. The molecule has 1 aliphatic rings. The van der Waals surface area contributed by atoms with Gasteiger partial charge in [-0.2, -0.15) is 0 Å². The van der Waals surface area contributed by atoms with E-state index >= 15 is 0 Å². The zero-order valence-corrected chi connectivity index (χ0v) is 13.4. The molecule has 0 aromatic heterocycles. The monoisotopic (exact) mass is 330 g/mol. The summed E-state index contributed by atoms with van der Waals surface area (Å²) in [5.74, 6) is -0.126. The van der Waals surface area contributed by atoms with Gasteiger partial charge in [-0.15, -0.1) is 0 Å². The first-order chi connectivity index (χ1) is 10.9. The molecule has 0 bridgehead atoms. The van der Waals surface area contributed by atoms with Crippen LogP contribution in [-0.2, 0) is 4.79 Å². The van der Waals surface area contributed by atoms with Crippen molar-refractivity contribution in [3.8, 4) is 5.75 Å². The lowest BCUT2D eigenvalue weighted by atomic mass is 10.1. The SMILES string of the molecule is CC1(C)Oc2cccc(NC(=O)c3ccccc3Cl)c2NC1=O. The van der Waals surface area contributed by atoms with E-state index in [2.05, 4.69) is 10.6 Å². The van der Waals surface area contributed by atoms with Crippen molar-refractivity contribution in [2.75, 3.05) is 10.6 Å². The molecule has 23 heavy (non-hydrogen) atoms. The van der Waals surface area contributed by atoms with Gasteiger partial charge in [0.05, 0.1) is 16.3 Å². The van der Waals surface area contributed by atoms with E-state index in [1.165, 1.54) is 0 Å². The van der Waals surface area contributed by atoms with Gasteiger partial charge >= 0.3 is 0 Å². The molecule has 0 spiro atoms. The normalized spacial score (nSPS) is 15.2. The molecule has 0 saturated heterocycles. The highest BCUT2D eigenvalue weighted by Gasteiger charge is 2.36. The van der Waals surface area contributed by atoms with Crippen molar-refractivity contribution in [1.29, 1.82) is 0 Å². The molecule has 0 aliphatic carbocycles. The summed E-state index contributed by atoms with van der Waals surface area (Å²) >= 11 is 6.03. The van der Waals surface area contributed by atoms with Gasteiger partial charge in [0.2, 0.25) is 0 Å². The minimum atomic E-state index is -0.960. The number of amides is 2. The highest BCUT2D eigenvalue weighted by atomic mass is 35.5. The number of fused-ring (bicyclic) bond motifs is 1. The summed E-state index contributed by atoms with van der Waals surface area (Å²) in [4.78, 5) is 24.5. The summed E-state index contributed by atoms with van der Waals surface area (Å²) in [5.41, 5.74) is 0.293. The van der Waals surface area contributed by atoms with Crippen LogP contribution in [0.4, 0.5) is 11.4 Å². The third-order valence-electron chi connectivity index (χ3n) is 3.54. The van der Waals surface area contributed by atoms with Gasteiger partial charge in [0.15, 0.2) is 5.60 Å². The summed E-state index contributed by atoms with van der Waals surface area (Å²) in [7, 11) is 0. The van der Waals surface area contributed by atoms with Crippen LogP contribution in [0.3, 0.4) is 0 Å². The molecular weight excluding hydrogens is 316 g/mol. The fourth-order valence-corrected chi connectivity index (χ4v) is 2.49. The smallest absolute Gasteiger partial charge is 0.268 e. The Hall–Kier alpha value is -2.53. The maximum absolute atomic E-state index is 12.4. The van der Waals surface area contributed by atoms with E-state index in [9.17, 15) is 9.59 Å². The van der Waals surface area contributed by atoms with Gasteiger partial charge in [0.1, 0.15) is 11.4 Å². The Labute approximate surface area is 138 Å². The zero-order chi connectivity index (χ0) is 16.6. The molecule has 2 aromatic carbocycles. The van der Waals surface area contributed by atoms with E-state index in [0.29, 0.717) is 27.7 Å². The van der Waals surface area contributed by atoms with E-state index in [0.717, 1.165) is 0 Å². The fourth-order valence-electron chi connectivity index (χ4n) is 2.27. The quantitative estimate of drug-likeness (QED) is 0.882. The van der Waals surface area contributed by atoms with Crippen LogP contribution < -0.4 is 15.4 Å². The number of carbonyl (C=O) groups excluding carboxylic acids is 2. The molecule has 2 aromatic rings. The predicted octanol–water partition coefficient (Wildman–Crippen LogP) is 3.70. The Bertz CT molecular complexity index is 802. The number of para-hydroxylation sites is 1. The van der Waals surface area contributed by atoms with Crippen molar-refractivity contribution in [3.05, 3.63) is 53.1 Å². The first-order valence-corrected chi connectivity index (χ1v) is 7.45. The molecule has 0 atom stereocenters. The number of nitrogens with one attached hydrogen (secondary N) is 2. The molecule has 0 radical (unpaired) electrons. The van der Waals surface area contributed by atoms with Crippen LogP contribution >= 0.6 is 11.6 Å². The number of carbonyl (C=O) groups is 2. The summed E-state index contributed by atoms with van der Waals surface area (Å²) < 4.78 is 5.69. The Kier molecular flexibility index (Phi) is 3.74. The van der Waals surface area contributed by atoms with Crippen molar-refractivity contribution >= 4 is 34.8 Å². The highest BCUT2D eigenvalue weighted by molar-refractivity contribution is 6.34. The van der Waals surface area contributed by atoms with Gasteiger partial charge in [-0.3, -0.25) is 9.59 Å². The third-order valence-corrected chi connectivity index (χ3v) is 3.87. The van der Waals surface area contributed by atoms with Crippen molar-refractivity contribution in [3.63, 3.8) is 0 Å². The van der Waals surface area contributed by atoms with Crippen LogP contribution in [-0.4, -0.2) is 17.4 Å². The average Bonchev–Trinajstić information content (AvgIpc) is 2.49. The second kappa shape index (κ2) is 5.59. The number of hydrogen-bond acceptors (Lipinski definition) is 3. The molecule has 2 N–H and O–H groups in total. The largest absolute Gasteiger partial charge is 0.476 e. The van der Waals surface area contributed by atoms with Crippen LogP contribution in [0.5, 0.6) is 5.75 Å². The molecule has 2 amide bonds. The van der Waals surface area contributed by atoms with Crippen molar-refractivity contribution in [2.45, 2.75) is 19.4 Å². The van der Waals surface area contributed by atoms with E-state index in [1.807, 2.05) is 0 Å². The summed E-state index contributed by atoms with van der Waals surface area (Å²) in [6, 6.07) is 11.9. The summed E-state index contributed by atoms with van der Waals surface area (Å²) in [6.45, 7) is 3.36. The number of halogens is 1. The second-order valence-electron chi connectivity index (χ2n) is 5.68. The maximum atomic E-state index is 12.4. The Morgan fingerprint density at radius 1 is 1.17 bits per heavy atom. The Morgan fingerprint density at radius 2 is 1.91 bits per heavy atom. The van der Waals surface area contributed by atoms with Crippen LogP contribution in [0.1, 0.15) is 24.2 Å². The van der Waals surface area contributed by atoms with E-state index < -0.39 is 5.60 Å². The maximum Gasteiger partial charge on any atom is 0.268 e. The van der Waals surface area contributed by atoms with Gasteiger partial charge < -0.3 is 15.4 Å². The fraction of sp³-hybridized carbons (Fsp3) is 0.176. The lowest BCUT2D eigenvalue weighted by Crippen LogP contribution is -2.45. The van der Waals surface area contributed by atoms with Crippen molar-refractivity contribution in [1.82, 2.24) is 0 Å². The molecule has 1 heterocycles. The number of hydrogen-bond donors (Lipinski definition) is 2. The van der Waals surface area contributed by atoms with Crippen molar-refractivity contribution in [2.24, 2.45) is 0 Å². The first kappa shape index (κ1) is 15.4. The standard InChI is InChI=1S/C17H15ClN2O3/c1-17(2)16(22)20-14-12(8-5-9-13(14)23-17)19-15(21)10-6-3-4-7-11(10)18/h3-9H,1-2H3,(H,19,21)(H,20,22). The van der Waals surface area contributed by atoms with Gasteiger partial charge in [-0.25, -0.2) is 0 Å². The van der Waals surface area contributed by atoms with Gasteiger partial charge in [-0.05, 0) is 38.1 Å². The third kappa shape index (κ3) is 2.87. The predicted molar refractivity (Wildman–Crippen MR) is 89.2 cm³/mol. The van der Waals surface area contributed by atoms with Crippen molar-refractivity contribution < 1.29 is 14.3 Å². The minimum absolute atomic E-state index is 0.274. The topological polar surface area (TPSA) is 67.4 Å². The number of anilines is 2. The van der Waals surface area contributed by atoms with Crippen LogP contribution in [0.25, 0.3) is 0 Å². The molecule has 3 rings (SSSR count). The number of rotatable bonds is 2. The van der Waals surface area contributed by atoms with Gasteiger partial charge in [-0.1, -0.05) is 29.8 Å². The van der Waals surface area contributed by atoms with Gasteiger partial charge in [0.25, 0.3) is 11.8 Å². The Morgan fingerprint density at radius 3 is 2.65 bits per heavy atom. The molecule has 6 heteroatoms. The van der Waals surface area contributed by atoms with E-state index in [1.54, 1.807) is 56.3 Å². The molecule has 5 nitrogen and oxygen atoms in total. The molecule has 1 aliphatic heterocycles. The summed E-state index contributed by atoms with van der Waals surface area (Å²) in [5, 5.41) is 5.89. The molecule has 0 saturated carbocycles. The lowest BCUT2D eigenvalue weighted by Gasteiger charge is -2.32. The van der Waals surface area contributed by atoms with Crippen LogP contribution in [0.15, 0.2) is 42.5 Å². The van der Waals surface area contributed by atoms with Crippen LogP contribution in [0.2, 0.25) is 5.02 Å². The van der Waals surface area contributed by atoms with E-state index in [-0.39, 0.29) is 11.8 Å². The highest BCUT2D eigenvalue weighted by Crippen LogP contribution is 2.39. The van der Waals surface area contributed by atoms with Crippen LogP contribution in [0, 0.1) is 0 Å². The van der Waals surface area contributed by atoms with Gasteiger partial charge in [0, 0.05) is 0 Å². The zero-order valence-electron chi connectivity index (χ0n) is 12.6. The number of benzene rings is 2. The van der Waals surface area contributed by atoms with E-state index in [4.69, 9.17) is 16.3 Å². The number of ether oxygens (including phenoxy) is 1. The molecule has 118 valence electrons. The molecular formula is C17H15ClN2O3. The summed E-state index contributed by atoms with van der Waals surface area (Å²) in [6.07, 6.45) is 0. The molecule has 0 unspecified atom stereocenters. The average molecular weight is 331 g/mol. The second-order valence-corrected chi connectivity index (χ2v) is 6.09.